The third kappa shape index (κ3) is 2.53. The number of fused-ring (bicyclic) bond motifs is 1. The minimum Gasteiger partial charge on any atom is -0.395 e. The molecular weight excluding hydrogens is 230 g/mol. The summed E-state index contributed by atoms with van der Waals surface area (Å²) in [6.45, 7) is 0.322. The molecule has 0 bridgehead atoms. The van der Waals surface area contributed by atoms with Gasteiger partial charge in [-0.2, -0.15) is 11.8 Å². The standard InChI is InChI=1S/C10H13NO2S2/c12-3-2-11-10(13)9-5-7-6-14-4-1-8(7)15-9/h5,12H,1-4,6H2,(H,11,13). The minimum absolute atomic E-state index is 0.00726. The molecule has 1 aromatic rings. The van der Waals surface area contributed by atoms with Gasteiger partial charge in [0.2, 0.25) is 0 Å². The molecule has 0 aromatic carbocycles. The molecule has 1 aliphatic rings. The first kappa shape index (κ1) is 11.0. The van der Waals surface area contributed by atoms with E-state index in [1.165, 1.54) is 10.4 Å². The average Bonchev–Trinajstić information content (AvgIpc) is 2.69. The molecule has 0 fully saturated rings. The van der Waals surface area contributed by atoms with Gasteiger partial charge in [-0.25, -0.2) is 0 Å². The molecule has 2 N–H and O–H groups in total. The summed E-state index contributed by atoms with van der Waals surface area (Å²) < 4.78 is 0. The normalized spacial score (nSPS) is 14.7. The van der Waals surface area contributed by atoms with Gasteiger partial charge in [-0.1, -0.05) is 0 Å². The molecule has 0 aliphatic carbocycles. The average molecular weight is 243 g/mol. The van der Waals surface area contributed by atoms with Crippen molar-refractivity contribution in [2.24, 2.45) is 0 Å². The SMILES string of the molecule is O=C(NCCO)c1cc2c(s1)CCSC2. The van der Waals surface area contributed by atoms with Crippen LogP contribution in [0.4, 0.5) is 0 Å². The fourth-order valence-corrected chi connectivity index (χ4v) is 3.80. The molecule has 0 radical (unpaired) electrons. The van der Waals surface area contributed by atoms with Crippen molar-refractivity contribution in [3.8, 4) is 0 Å². The topological polar surface area (TPSA) is 49.3 Å². The van der Waals surface area contributed by atoms with Crippen molar-refractivity contribution in [3.05, 3.63) is 21.4 Å². The molecule has 0 unspecified atom stereocenters. The fourth-order valence-electron chi connectivity index (χ4n) is 1.52. The van der Waals surface area contributed by atoms with Crippen molar-refractivity contribution >= 4 is 29.0 Å². The number of thioether (sulfide) groups is 1. The molecule has 2 heterocycles. The Morgan fingerprint density at radius 2 is 2.47 bits per heavy atom. The van der Waals surface area contributed by atoms with Gasteiger partial charge in [0.05, 0.1) is 11.5 Å². The van der Waals surface area contributed by atoms with E-state index >= 15 is 0 Å². The van der Waals surface area contributed by atoms with E-state index in [2.05, 4.69) is 5.32 Å². The molecule has 0 spiro atoms. The summed E-state index contributed by atoms with van der Waals surface area (Å²) in [4.78, 5) is 13.7. The van der Waals surface area contributed by atoms with Crippen LogP contribution >= 0.6 is 23.1 Å². The van der Waals surface area contributed by atoms with E-state index in [-0.39, 0.29) is 12.5 Å². The molecule has 1 amide bonds. The van der Waals surface area contributed by atoms with Crippen molar-refractivity contribution in [1.29, 1.82) is 0 Å². The Balaban J connectivity index is 2.08. The summed E-state index contributed by atoms with van der Waals surface area (Å²) in [7, 11) is 0. The molecule has 5 heteroatoms. The zero-order valence-electron chi connectivity index (χ0n) is 8.28. The number of aliphatic hydroxyl groups excluding tert-OH is 1. The number of carbonyl (C=O) groups excluding carboxylic acids is 1. The second-order valence-corrected chi connectivity index (χ2v) is 5.58. The quantitative estimate of drug-likeness (QED) is 0.840. The van der Waals surface area contributed by atoms with E-state index in [0.717, 1.165) is 22.8 Å². The number of thiophene rings is 1. The van der Waals surface area contributed by atoms with Gasteiger partial charge < -0.3 is 10.4 Å². The van der Waals surface area contributed by atoms with Crippen LogP contribution in [0.2, 0.25) is 0 Å². The maximum Gasteiger partial charge on any atom is 0.261 e. The van der Waals surface area contributed by atoms with Gasteiger partial charge in [-0.05, 0) is 23.8 Å². The molecule has 0 saturated carbocycles. The Hall–Kier alpha value is -0.520. The number of nitrogens with one attached hydrogen (secondary N) is 1. The van der Waals surface area contributed by atoms with Gasteiger partial charge in [0.1, 0.15) is 0 Å². The van der Waals surface area contributed by atoms with Crippen LogP contribution in [0.1, 0.15) is 20.1 Å². The number of hydrogen-bond acceptors (Lipinski definition) is 4. The van der Waals surface area contributed by atoms with Crippen LogP contribution in [-0.2, 0) is 12.2 Å². The molecule has 0 saturated heterocycles. The van der Waals surface area contributed by atoms with Crippen LogP contribution in [-0.4, -0.2) is 29.9 Å². The van der Waals surface area contributed by atoms with Gasteiger partial charge in [0.25, 0.3) is 5.91 Å². The Labute approximate surface area is 96.9 Å². The number of amides is 1. The Morgan fingerprint density at radius 1 is 1.60 bits per heavy atom. The summed E-state index contributed by atoms with van der Waals surface area (Å²) in [6, 6.07) is 1.98. The Morgan fingerprint density at radius 3 is 3.20 bits per heavy atom. The van der Waals surface area contributed by atoms with Crippen LogP contribution < -0.4 is 5.32 Å². The van der Waals surface area contributed by atoms with Gasteiger partial charge in [-0.3, -0.25) is 4.79 Å². The molecule has 1 aliphatic heterocycles. The summed E-state index contributed by atoms with van der Waals surface area (Å²) in [5, 5.41) is 11.3. The van der Waals surface area contributed by atoms with E-state index in [1.54, 1.807) is 11.3 Å². The fraction of sp³-hybridized carbons (Fsp3) is 0.500. The predicted molar refractivity (Wildman–Crippen MR) is 63.6 cm³/mol. The highest BCUT2D eigenvalue weighted by atomic mass is 32.2. The summed E-state index contributed by atoms with van der Waals surface area (Å²) in [5.41, 5.74) is 1.31. The molecule has 3 nitrogen and oxygen atoms in total. The number of aliphatic hydroxyl groups is 1. The third-order valence-electron chi connectivity index (χ3n) is 2.25. The smallest absolute Gasteiger partial charge is 0.261 e. The minimum atomic E-state index is -0.0616. The van der Waals surface area contributed by atoms with Crippen molar-refractivity contribution in [1.82, 2.24) is 5.32 Å². The van der Waals surface area contributed by atoms with Crippen LogP contribution in [0.15, 0.2) is 6.07 Å². The number of aryl methyl sites for hydroxylation is 1. The highest BCUT2D eigenvalue weighted by molar-refractivity contribution is 7.98. The maximum atomic E-state index is 11.6. The van der Waals surface area contributed by atoms with Crippen molar-refractivity contribution in [2.45, 2.75) is 12.2 Å². The number of carbonyl (C=O) groups is 1. The van der Waals surface area contributed by atoms with Gasteiger partial charge in [0.15, 0.2) is 0 Å². The zero-order valence-corrected chi connectivity index (χ0v) is 9.92. The van der Waals surface area contributed by atoms with E-state index in [1.807, 2.05) is 17.8 Å². The number of hydrogen-bond donors (Lipinski definition) is 2. The van der Waals surface area contributed by atoms with Crippen LogP contribution in [0.5, 0.6) is 0 Å². The van der Waals surface area contributed by atoms with Crippen molar-refractivity contribution in [3.63, 3.8) is 0 Å². The Kier molecular flexibility index (Phi) is 3.66. The van der Waals surface area contributed by atoms with E-state index in [9.17, 15) is 4.79 Å². The predicted octanol–water partition coefficient (Wildman–Crippen LogP) is 1.26. The zero-order chi connectivity index (χ0) is 10.7. The highest BCUT2D eigenvalue weighted by Crippen LogP contribution is 2.31. The van der Waals surface area contributed by atoms with Gasteiger partial charge in [0, 0.05) is 17.2 Å². The first-order valence-electron chi connectivity index (χ1n) is 4.89. The lowest BCUT2D eigenvalue weighted by Crippen LogP contribution is -2.25. The van der Waals surface area contributed by atoms with Crippen LogP contribution in [0.3, 0.4) is 0 Å². The number of rotatable bonds is 3. The lowest BCUT2D eigenvalue weighted by atomic mass is 10.2. The first-order chi connectivity index (χ1) is 7.31. The molecular formula is C10H13NO2S2. The highest BCUT2D eigenvalue weighted by Gasteiger charge is 2.16. The monoisotopic (exact) mass is 243 g/mol. The van der Waals surface area contributed by atoms with Crippen molar-refractivity contribution < 1.29 is 9.90 Å². The van der Waals surface area contributed by atoms with Gasteiger partial charge in [-0.15, -0.1) is 11.3 Å². The Bertz CT molecular complexity index is 339. The van der Waals surface area contributed by atoms with Crippen molar-refractivity contribution in [2.75, 3.05) is 18.9 Å². The largest absolute Gasteiger partial charge is 0.395 e. The van der Waals surface area contributed by atoms with E-state index in [4.69, 9.17) is 5.11 Å². The van der Waals surface area contributed by atoms with E-state index < -0.39 is 0 Å². The van der Waals surface area contributed by atoms with Crippen LogP contribution in [0.25, 0.3) is 0 Å². The second-order valence-electron chi connectivity index (χ2n) is 3.34. The first-order valence-corrected chi connectivity index (χ1v) is 6.87. The van der Waals surface area contributed by atoms with Gasteiger partial charge >= 0.3 is 0 Å². The molecule has 2 rings (SSSR count). The molecule has 82 valence electrons. The molecule has 0 atom stereocenters. The molecule has 1 aromatic heterocycles. The summed E-state index contributed by atoms with van der Waals surface area (Å²) in [5.74, 6) is 2.12. The maximum absolute atomic E-state index is 11.6. The lowest BCUT2D eigenvalue weighted by molar-refractivity contribution is 0.0949. The second kappa shape index (κ2) is 5.01. The summed E-state index contributed by atoms with van der Waals surface area (Å²) >= 11 is 3.50. The summed E-state index contributed by atoms with van der Waals surface area (Å²) in [6.07, 6.45) is 1.08. The lowest BCUT2D eigenvalue weighted by Gasteiger charge is -2.08. The third-order valence-corrected chi connectivity index (χ3v) is 4.49. The van der Waals surface area contributed by atoms with Crippen LogP contribution in [0, 0.1) is 0 Å². The molecule has 15 heavy (non-hydrogen) atoms. The van der Waals surface area contributed by atoms with E-state index in [0.29, 0.717) is 6.54 Å².